The highest BCUT2D eigenvalue weighted by molar-refractivity contribution is 4.79. The van der Waals surface area contributed by atoms with E-state index in [1.54, 1.807) is 0 Å². The standard InChI is InChI=1S/C13H24/c1-3-4-5-9-13-10-7-6-8-12(2)11-13/h3-4,12-13H,5-11H2,1-2H3. The minimum Gasteiger partial charge on any atom is -0.0917 e. The lowest BCUT2D eigenvalue weighted by molar-refractivity contribution is 0.377. The van der Waals surface area contributed by atoms with Crippen molar-refractivity contribution in [1.82, 2.24) is 0 Å². The van der Waals surface area contributed by atoms with E-state index in [1.165, 1.54) is 44.9 Å². The molecular formula is C13H24. The molecule has 0 spiro atoms. The van der Waals surface area contributed by atoms with Gasteiger partial charge in [0.1, 0.15) is 0 Å². The van der Waals surface area contributed by atoms with Gasteiger partial charge in [-0.05, 0) is 38.0 Å². The van der Waals surface area contributed by atoms with Gasteiger partial charge in [-0.25, -0.2) is 0 Å². The van der Waals surface area contributed by atoms with Gasteiger partial charge in [-0.1, -0.05) is 44.8 Å². The van der Waals surface area contributed by atoms with Gasteiger partial charge >= 0.3 is 0 Å². The minimum atomic E-state index is 0.984. The quantitative estimate of drug-likeness (QED) is 0.441. The first kappa shape index (κ1) is 10.8. The van der Waals surface area contributed by atoms with Crippen LogP contribution in [0.3, 0.4) is 0 Å². The molecule has 0 aliphatic heterocycles. The molecule has 0 aromatic heterocycles. The van der Waals surface area contributed by atoms with Crippen molar-refractivity contribution < 1.29 is 0 Å². The van der Waals surface area contributed by atoms with Gasteiger partial charge in [0.05, 0.1) is 0 Å². The van der Waals surface area contributed by atoms with Gasteiger partial charge in [-0.2, -0.15) is 0 Å². The van der Waals surface area contributed by atoms with Crippen molar-refractivity contribution in [2.45, 2.75) is 58.8 Å². The van der Waals surface area contributed by atoms with Crippen LogP contribution < -0.4 is 0 Å². The summed E-state index contributed by atoms with van der Waals surface area (Å²) in [5.74, 6) is 2.01. The molecule has 0 N–H and O–H groups in total. The maximum atomic E-state index is 2.42. The lowest BCUT2D eigenvalue weighted by Gasteiger charge is -2.15. The molecule has 1 fully saturated rings. The molecule has 1 aliphatic carbocycles. The second-order valence-corrected chi connectivity index (χ2v) is 4.64. The van der Waals surface area contributed by atoms with Gasteiger partial charge < -0.3 is 0 Å². The third kappa shape index (κ3) is 4.50. The summed E-state index contributed by atoms with van der Waals surface area (Å²) in [6, 6.07) is 0. The van der Waals surface area contributed by atoms with Crippen molar-refractivity contribution >= 4 is 0 Å². The topological polar surface area (TPSA) is 0 Å². The zero-order valence-electron chi connectivity index (χ0n) is 9.26. The van der Waals surface area contributed by atoms with E-state index >= 15 is 0 Å². The SMILES string of the molecule is CC=CCCC1CCCCC(C)C1. The Balaban J connectivity index is 2.22. The van der Waals surface area contributed by atoms with Crippen LogP contribution in [0.25, 0.3) is 0 Å². The van der Waals surface area contributed by atoms with Gasteiger partial charge in [-0.15, -0.1) is 0 Å². The summed E-state index contributed by atoms with van der Waals surface area (Å²) in [6.45, 7) is 4.55. The summed E-state index contributed by atoms with van der Waals surface area (Å²) >= 11 is 0. The van der Waals surface area contributed by atoms with Gasteiger partial charge in [0.25, 0.3) is 0 Å². The fourth-order valence-corrected chi connectivity index (χ4v) is 2.49. The van der Waals surface area contributed by atoms with Gasteiger partial charge in [0.15, 0.2) is 0 Å². The molecule has 0 aromatic carbocycles. The molecule has 0 heteroatoms. The lowest BCUT2D eigenvalue weighted by atomic mass is 9.91. The lowest BCUT2D eigenvalue weighted by Crippen LogP contribution is -2.02. The van der Waals surface area contributed by atoms with Crippen LogP contribution in [-0.2, 0) is 0 Å². The van der Waals surface area contributed by atoms with Gasteiger partial charge in [0, 0.05) is 0 Å². The minimum absolute atomic E-state index is 0.984. The molecule has 0 radical (unpaired) electrons. The van der Waals surface area contributed by atoms with E-state index in [0.717, 1.165) is 11.8 Å². The Morgan fingerprint density at radius 1 is 1.23 bits per heavy atom. The summed E-state index contributed by atoms with van der Waals surface area (Å²) < 4.78 is 0. The van der Waals surface area contributed by atoms with Crippen molar-refractivity contribution in [3.8, 4) is 0 Å². The first-order valence-electron chi connectivity index (χ1n) is 5.94. The van der Waals surface area contributed by atoms with E-state index in [0.29, 0.717) is 0 Å². The van der Waals surface area contributed by atoms with E-state index < -0.39 is 0 Å². The first-order valence-corrected chi connectivity index (χ1v) is 5.94. The monoisotopic (exact) mass is 180 g/mol. The number of hydrogen-bond donors (Lipinski definition) is 0. The Morgan fingerprint density at radius 2 is 2.00 bits per heavy atom. The molecule has 0 aromatic rings. The van der Waals surface area contributed by atoms with E-state index in [2.05, 4.69) is 26.0 Å². The van der Waals surface area contributed by atoms with Crippen LogP contribution in [0.1, 0.15) is 58.8 Å². The molecule has 0 saturated heterocycles. The Kier molecular flexibility index (Phi) is 5.19. The molecule has 0 amide bonds. The van der Waals surface area contributed by atoms with Gasteiger partial charge in [-0.3, -0.25) is 0 Å². The summed E-state index contributed by atoms with van der Waals surface area (Å²) in [6.07, 6.45) is 14.6. The van der Waals surface area contributed by atoms with E-state index in [-0.39, 0.29) is 0 Å². The summed E-state index contributed by atoms with van der Waals surface area (Å²) in [4.78, 5) is 0. The van der Waals surface area contributed by atoms with Crippen molar-refractivity contribution in [3.05, 3.63) is 12.2 Å². The van der Waals surface area contributed by atoms with Crippen LogP contribution in [0.5, 0.6) is 0 Å². The highest BCUT2D eigenvalue weighted by atomic mass is 14.2. The molecule has 1 saturated carbocycles. The van der Waals surface area contributed by atoms with E-state index in [4.69, 9.17) is 0 Å². The maximum absolute atomic E-state index is 2.42. The highest BCUT2D eigenvalue weighted by Gasteiger charge is 2.15. The van der Waals surface area contributed by atoms with Crippen LogP contribution in [-0.4, -0.2) is 0 Å². The fourth-order valence-electron chi connectivity index (χ4n) is 2.49. The molecule has 2 unspecified atom stereocenters. The average Bonchev–Trinajstić information content (AvgIpc) is 2.31. The Bertz CT molecular complexity index is 146. The molecule has 0 heterocycles. The molecule has 2 atom stereocenters. The Labute approximate surface area is 83.4 Å². The molecule has 76 valence electrons. The van der Waals surface area contributed by atoms with Gasteiger partial charge in [0.2, 0.25) is 0 Å². The predicted molar refractivity (Wildman–Crippen MR) is 59.8 cm³/mol. The number of hydrogen-bond acceptors (Lipinski definition) is 0. The summed E-state index contributed by atoms with van der Waals surface area (Å²) in [7, 11) is 0. The predicted octanol–water partition coefficient (Wildman–Crippen LogP) is 4.56. The summed E-state index contributed by atoms with van der Waals surface area (Å²) in [5, 5.41) is 0. The molecule has 0 nitrogen and oxygen atoms in total. The molecule has 1 aliphatic rings. The average molecular weight is 180 g/mol. The zero-order valence-corrected chi connectivity index (χ0v) is 9.26. The molecule has 0 bridgehead atoms. The number of allylic oxidation sites excluding steroid dienone is 2. The molecular weight excluding hydrogens is 156 g/mol. The van der Waals surface area contributed by atoms with Crippen molar-refractivity contribution in [2.75, 3.05) is 0 Å². The Morgan fingerprint density at radius 3 is 2.77 bits per heavy atom. The van der Waals surface area contributed by atoms with Crippen molar-refractivity contribution in [1.29, 1.82) is 0 Å². The molecule has 13 heavy (non-hydrogen) atoms. The third-order valence-corrected chi connectivity index (χ3v) is 3.27. The van der Waals surface area contributed by atoms with Crippen LogP contribution in [0, 0.1) is 11.8 Å². The largest absolute Gasteiger partial charge is 0.0917 e. The highest BCUT2D eigenvalue weighted by Crippen LogP contribution is 2.30. The number of rotatable bonds is 3. The zero-order chi connectivity index (χ0) is 9.52. The van der Waals surface area contributed by atoms with E-state index in [1.807, 2.05) is 0 Å². The second-order valence-electron chi connectivity index (χ2n) is 4.64. The smallest absolute Gasteiger partial charge is 0.0348 e. The van der Waals surface area contributed by atoms with Crippen molar-refractivity contribution in [2.24, 2.45) is 11.8 Å². The van der Waals surface area contributed by atoms with Crippen LogP contribution >= 0.6 is 0 Å². The van der Waals surface area contributed by atoms with Crippen LogP contribution in [0.15, 0.2) is 12.2 Å². The van der Waals surface area contributed by atoms with Crippen LogP contribution in [0.2, 0.25) is 0 Å². The normalized spacial score (nSPS) is 30.6. The summed E-state index contributed by atoms with van der Waals surface area (Å²) in [5.41, 5.74) is 0. The maximum Gasteiger partial charge on any atom is -0.0348 e. The molecule has 1 rings (SSSR count). The first-order chi connectivity index (χ1) is 6.33. The van der Waals surface area contributed by atoms with Crippen molar-refractivity contribution in [3.63, 3.8) is 0 Å². The van der Waals surface area contributed by atoms with Crippen LogP contribution in [0.4, 0.5) is 0 Å². The van der Waals surface area contributed by atoms with E-state index in [9.17, 15) is 0 Å². The fraction of sp³-hybridized carbons (Fsp3) is 0.846. The second kappa shape index (κ2) is 6.23. The Hall–Kier alpha value is -0.260. The third-order valence-electron chi connectivity index (χ3n) is 3.27.